The highest BCUT2D eigenvalue weighted by Crippen LogP contribution is 2.36. The van der Waals surface area contributed by atoms with E-state index in [0.717, 1.165) is 34.0 Å². The van der Waals surface area contributed by atoms with Crippen molar-refractivity contribution in [1.29, 1.82) is 0 Å². The second kappa shape index (κ2) is 7.72. The number of nitrogens with zero attached hydrogens (tertiary/aromatic N) is 4. The third kappa shape index (κ3) is 3.26. The van der Waals surface area contributed by atoms with Gasteiger partial charge in [0, 0.05) is 35.1 Å². The average molecular weight is 410 g/mol. The predicted octanol–water partition coefficient (Wildman–Crippen LogP) is 4.45. The Kier molecular flexibility index (Phi) is 4.75. The minimum Gasteiger partial charge on any atom is -0.497 e. The maximum Gasteiger partial charge on any atom is 0.259 e. The summed E-state index contributed by atoms with van der Waals surface area (Å²) in [5, 5.41) is 4.94. The SMILES string of the molecule is COc1ccc(-n2nc3c(c2C)CCN(C(=O)c2ccccc2)c2ncccc2-3)cc1. The van der Waals surface area contributed by atoms with E-state index < -0.39 is 0 Å². The fourth-order valence-electron chi connectivity index (χ4n) is 4.09. The van der Waals surface area contributed by atoms with E-state index in [1.807, 2.05) is 71.4 Å². The lowest BCUT2D eigenvalue weighted by Gasteiger charge is -2.21. The first kappa shape index (κ1) is 19.1. The van der Waals surface area contributed by atoms with Gasteiger partial charge in [-0.3, -0.25) is 9.69 Å². The quantitative estimate of drug-likeness (QED) is 0.501. The highest BCUT2D eigenvalue weighted by Gasteiger charge is 2.29. The molecule has 5 rings (SSSR count). The number of methoxy groups -OCH3 is 1. The smallest absolute Gasteiger partial charge is 0.259 e. The van der Waals surface area contributed by atoms with Crippen LogP contribution >= 0.6 is 0 Å². The monoisotopic (exact) mass is 410 g/mol. The van der Waals surface area contributed by atoms with Crippen LogP contribution in [0.3, 0.4) is 0 Å². The fraction of sp³-hybridized carbons (Fsp3) is 0.160. The van der Waals surface area contributed by atoms with Crippen molar-refractivity contribution < 1.29 is 9.53 Å². The number of rotatable bonds is 3. The van der Waals surface area contributed by atoms with Gasteiger partial charge < -0.3 is 4.74 Å². The van der Waals surface area contributed by atoms with E-state index in [9.17, 15) is 4.79 Å². The number of carbonyl (C=O) groups excluding carboxylic acids is 1. The number of fused-ring (bicyclic) bond motifs is 3. The summed E-state index contributed by atoms with van der Waals surface area (Å²) < 4.78 is 7.23. The molecule has 154 valence electrons. The number of benzene rings is 2. The highest BCUT2D eigenvalue weighted by molar-refractivity contribution is 6.07. The topological polar surface area (TPSA) is 60.2 Å². The Hall–Kier alpha value is -3.93. The zero-order chi connectivity index (χ0) is 21.4. The number of ether oxygens (including phenoxy) is 1. The summed E-state index contributed by atoms with van der Waals surface area (Å²) in [5.74, 6) is 1.40. The third-order valence-corrected chi connectivity index (χ3v) is 5.71. The molecular formula is C25H22N4O2. The molecular weight excluding hydrogens is 388 g/mol. The Morgan fingerprint density at radius 3 is 2.52 bits per heavy atom. The van der Waals surface area contributed by atoms with E-state index >= 15 is 0 Å². The maximum absolute atomic E-state index is 13.3. The van der Waals surface area contributed by atoms with Gasteiger partial charge in [0.15, 0.2) is 0 Å². The maximum atomic E-state index is 13.3. The molecule has 0 spiro atoms. The molecule has 1 aliphatic heterocycles. The van der Waals surface area contributed by atoms with E-state index in [0.29, 0.717) is 24.3 Å². The molecule has 2 aromatic carbocycles. The second-order valence-corrected chi connectivity index (χ2v) is 7.47. The lowest BCUT2D eigenvalue weighted by atomic mass is 10.1. The van der Waals surface area contributed by atoms with Gasteiger partial charge in [0.25, 0.3) is 5.91 Å². The van der Waals surface area contributed by atoms with Gasteiger partial charge >= 0.3 is 0 Å². The molecule has 0 saturated heterocycles. The third-order valence-electron chi connectivity index (χ3n) is 5.71. The first-order chi connectivity index (χ1) is 15.2. The molecule has 31 heavy (non-hydrogen) atoms. The van der Waals surface area contributed by atoms with Crippen LogP contribution in [0, 0.1) is 6.92 Å². The lowest BCUT2D eigenvalue weighted by molar-refractivity contribution is 0.0986. The number of pyridine rings is 1. The van der Waals surface area contributed by atoms with E-state index in [1.54, 1.807) is 18.2 Å². The van der Waals surface area contributed by atoms with E-state index in [2.05, 4.69) is 11.9 Å². The highest BCUT2D eigenvalue weighted by atomic mass is 16.5. The van der Waals surface area contributed by atoms with Crippen LogP contribution in [-0.2, 0) is 6.42 Å². The van der Waals surface area contributed by atoms with Crippen LogP contribution in [0.25, 0.3) is 16.9 Å². The molecule has 0 fully saturated rings. The molecule has 0 bridgehead atoms. The van der Waals surface area contributed by atoms with Crippen molar-refractivity contribution in [3.63, 3.8) is 0 Å². The second-order valence-electron chi connectivity index (χ2n) is 7.47. The van der Waals surface area contributed by atoms with Crippen LogP contribution < -0.4 is 9.64 Å². The lowest BCUT2D eigenvalue weighted by Crippen LogP contribution is -2.33. The summed E-state index contributed by atoms with van der Waals surface area (Å²) in [6.07, 6.45) is 2.43. The first-order valence-corrected chi connectivity index (χ1v) is 10.2. The minimum absolute atomic E-state index is 0.0496. The zero-order valence-electron chi connectivity index (χ0n) is 17.4. The van der Waals surface area contributed by atoms with E-state index in [1.165, 1.54) is 0 Å². The summed E-state index contributed by atoms with van der Waals surface area (Å²) in [4.78, 5) is 19.6. The van der Waals surface area contributed by atoms with Gasteiger partial charge in [-0.15, -0.1) is 0 Å². The largest absolute Gasteiger partial charge is 0.497 e. The number of carbonyl (C=O) groups is 1. The first-order valence-electron chi connectivity index (χ1n) is 10.2. The van der Waals surface area contributed by atoms with Gasteiger partial charge in [-0.05, 0) is 61.9 Å². The molecule has 3 heterocycles. The van der Waals surface area contributed by atoms with Crippen molar-refractivity contribution in [2.75, 3.05) is 18.6 Å². The molecule has 0 atom stereocenters. The molecule has 0 aliphatic carbocycles. The fourth-order valence-corrected chi connectivity index (χ4v) is 4.09. The van der Waals surface area contributed by atoms with Crippen LogP contribution in [0.4, 0.5) is 5.82 Å². The van der Waals surface area contributed by atoms with Crippen LogP contribution in [0.1, 0.15) is 21.6 Å². The summed E-state index contributed by atoms with van der Waals surface area (Å²) in [6, 6.07) is 21.1. The Balaban J connectivity index is 1.60. The average Bonchev–Trinajstić information content (AvgIpc) is 3.06. The summed E-state index contributed by atoms with van der Waals surface area (Å²) >= 11 is 0. The summed E-state index contributed by atoms with van der Waals surface area (Å²) in [7, 11) is 1.66. The van der Waals surface area contributed by atoms with Gasteiger partial charge in [0.2, 0.25) is 0 Å². The van der Waals surface area contributed by atoms with Crippen LogP contribution in [0.15, 0.2) is 72.9 Å². The number of aromatic nitrogens is 3. The van der Waals surface area contributed by atoms with Crippen molar-refractivity contribution in [2.24, 2.45) is 0 Å². The standard InChI is InChI=1S/C25H22N4O2/c1-17-21-14-16-28(25(30)18-7-4-3-5-8-18)24-22(9-6-15-26-24)23(21)27-29(17)19-10-12-20(31-2)13-11-19/h3-13,15H,14,16H2,1-2H3. The number of anilines is 1. The van der Waals surface area contributed by atoms with Crippen LogP contribution in [-0.4, -0.2) is 34.3 Å². The molecule has 6 heteroatoms. The molecule has 1 amide bonds. The summed E-state index contributed by atoms with van der Waals surface area (Å²) in [5.41, 5.74) is 5.56. The minimum atomic E-state index is -0.0496. The van der Waals surface area contributed by atoms with Crippen molar-refractivity contribution in [1.82, 2.24) is 14.8 Å². The van der Waals surface area contributed by atoms with Crippen LogP contribution in [0.5, 0.6) is 5.75 Å². The normalized spacial score (nSPS) is 12.6. The number of amides is 1. The molecule has 0 unspecified atom stereocenters. The predicted molar refractivity (Wildman–Crippen MR) is 120 cm³/mol. The molecule has 0 radical (unpaired) electrons. The molecule has 6 nitrogen and oxygen atoms in total. The van der Waals surface area contributed by atoms with Gasteiger partial charge in [-0.2, -0.15) is 5.10 Å². The van der Waals surface area contributed by atoms with Crippen molar-refractivity contribution in [2.45, 2.75) is 13.3 Å². The number of hydrogen-bond donors (Lipinski definition) is 0. The molecule has 0 saturated carbocycles. The van der Waals surface area contributed by atoms with Gasteiger partial charge in [-0.25, -0.2) is 9.67 Å². The Morgan fingerprint density at radius 2 is 1.77 bits per heavy atom. The van der Waals surface area contributed by atoms with Crippen molar-refractivity contribution >= 4 is 11.7 Å². The molecule has 0 N–H and O–H groups in total. The Morgan fingerprint density at radius 1 is 1.00 bits per heavy atom. The zero-order valence-corrected chi connectivity index (χ0v) is 17.4. The Labute approximate surface area is 180 Å². The molecule has 2 aromatic heterocycles. The van der Waals surface area contributed by atoms with Gasteiger partial charge in [-0.1, -0.05) is 18.2 Å². The summed E-state index contributed by atoms with van der Waals surface area (Å²) in [6.45, 7) is 2.61. The van der Waals surface area contributed by atoms with Crippen molar-refractivity contribution in [3.8, 4) is 22.7 Å². The van der Waals surface area contributed by atoms with Gasteiger partial charge in [0.1, 0.15) is 11.6 Å². The Bertz CT molecular complexity index is 1250. The number of hydrogen-bond acceptors (Lipinski definition) is 4. The van der Waals surface area contributed by atoms with Gasteiger partial charge in [0.05, 0.1) is 18.5 Å². The van der Waals surface area contributed by atoms with E-state index in [4.69, 9.17) is 9.84 Å². The van der Waals surface area contributed by atoms with E-state index in [-0.39, 0.29) is 5.91 Å². The van der Waals surface area contributed by atoms with Crippen molar-refractivity contribution in [3.05, 3.63) is 89.7 Å². The van der Waals surface area contributed by atoms with Crippen LogP contribution in [0.2, 0.25) is 0 Å². The molecule has 4 aromatic rings. The molecule has 1 aliphatic rings.